The number of hydrogen-bond donors (Lipinski definition) is 2. The van der Waals surface area contributed by atoms with Crippen LogP contribution >= 0.6 is 7.60 Å². The predicted molar refractivity (Wildman–Crippen MR) is 53.6 cm³/mol. The molecule has 0 rings (SSSR count). The van der Waals surface area contributed by atoms with E-state index in [1.165, 1.54) is 0 Å². The fourth-order valence-electron chi connectivity index (χ4n) is 0.949. The zero-order valence-corrected chi connectivity index (χ0v) is 9.77. The van der Waals surface area contributed by atoms with Crippen LogP contribution < -0.4 is 0 Å². The maximum atomic E-state index is 11.8. The molecule has 7 heteroatoms. The van der Waals surface area contributed by atoms with Crippen LogP contribution in [0, 0.1) is 0 Å². The molecule has 90 valence electrons. The van der Waals surface area contributed by atoms with Crippen LogP contribution in [-0.4, -0.2) is 41.7 Å². The van der Waals surface area contributed by atoms with E-state index < -0.39 is 32.3 Å². The highest BCUT2D eigenvalue weighted by molar-refractivity contribution is 7.54. The van der Waals surface area contributed by atoms with E-state index in [2.05, 4.69) is 0 Å². The number of carbonyl (C=O) groups excluding carboxylic acids is 1. The molecule has 0 aromatic rings. The summed E-state index contributed by atoms with van der Waals surface area (Å²) >= 11 is 0. The van der Waals surface area contributed by atoms with E-state index in [9.17, 15) is 14.5 Å². The molecular formula is C8H17O6P. The molecule has 0 unspecified atom stereocenters. The second kappa shape index (κ2) is 7.09. The summed E-state index contributed by atoms with van der Waals surface area (Å²) in [4.78, 5) is 10.8. The summed E-state index contributed by atoms with van der Waals surface area (Å²) in [5.74, 6) is -2.13. The van der Waals surface area contributed by atoms with Gasteiger partial charge in [0.05, 0.1) is 13.2 Å². The lowest BCUT2D eigenvalue weighted by atomic mass is 10.3. The van der Waals surface area contributed by atoms with Crippen molar-refractivity contribution in [3.63, 3.8) is 0 Å². The van der Waals surface area contributed by atoms with Crippen LogP contribution in [0.5, 0.6) is 0 Å². The molecule has 0 aliphatic heterocycles. The van der Waals surface area contributed by atoms with Crippen LogP contribution in [0.15, 0.2) is 0 Å². The first-order valence-corrected chi connectivity index (χ1v) is 6.30. The van der Waals surface area contributed by atoms with Crippen LogP contribution in [0.3, 0.4) is 0 Å². The number of ketones is 1. The number of carbonyl (C=O) groups is 1. The second-order valence-electron chi connectivity index (χ2n) is 2.76. The van der Waals surface area contributed by atoms with E-state index >= 15 is 0 Å². The van der Waals surface area contributed by atoms with Gasteiger partial charge >= 0.3 is 7.60 Å². The smallest absolute Gasteiger partial charge is 0.359 e. The summed E-state index contributed by atoms with van der Waals surface area (Å²) in [6.45, 7) is 2.73. The Bertz CT molecular complexity index is 231. The van der Waals surface area contributed by atoms with Gasteiger partial charge < -0.3 is 19.3 Å². The van der Waals surface area contributed by atoms with E-state index in [1.807, 2.05) is 0 Å². The summed E-state index contributed by atoms with van der Waals surface area (Å²) in [6, 6.07) is 0. The Morgan fingerprint density at radius 1 is 1.33 bits per heavy atom. The summed E-state index contributed by atoms with van der Waals surface area (Å²) in [7, 11) is -3.65. The van der Waals surface area contributed by atoms with Crippen LogP contribution in [0.4, 0.5) is 0 Å². The molecule has 0 amide bonds. The Hall–Kier alpha value is -0.260. The van der Waals surface area contributed by atoms with Crippen LogP contribution in [0.1, 0.15) is 20.3 Å². The Morgan fingerprint density at radius 3 is 2.13 bits per heavy atom. The summed E-state index contributed by atoms with van der Waals surface area (Å²) in [6.07, 6.45) is -0.437. The highest BCUT2D eigenvalue weighted by Crippen LogP contribution is 2.52. The van der Waals surface area contributed by atoms with Gasteiger partial charge in [0.1, 0.15) is 6.61 Å². The average molecular weight is 240 g/mol. The van der Waals surface area contributed by atoms with E-state index in [0.717, 1.165) is 0 Å². The number of aliphatic hydroxyl groups is 2. The van der Waals surface area contributed by atoms with Crippen LogP contribution in [0.25, 0.3) is 0 Å². The van der Waals surface area contributed by atoms with Crippen LogP contribution in [-0.2, 0) is 18.4 Å². The minimum absolute atomic E-state index is 0.113. The Morgan fingerprint density at radius 2 is 1.80 bits per heavy atom. The van der Waals surface area contributed by atoms with Crippen molar-refractivity contribution < 1.29 is 28.6 Å². The van der Waals surface area contributed by atoms with E-state index in [4.69, 9.17) is 14.2 Å². The first-order chi connectivity index (χ1) is 7.00. The van der Waals surface area contributed by atoms with Crippen molar-refractivity contribution in [2.75, 3.05) is 19.8 Å². The van der Waals surface area contributed by atoms with Gasteiger partial charge in [0.25, 0.3) is 0 Å². The minimum atomic E-state index is -3.65. The molecule has 0 aromatic heterocycles. The molecule has 15 heavy (non-hydrogen) atoms. The lowest BCUT2D eigenvalue weighted by molar-refractivity contribution is -0.123. The largest absolute Gasteiger partial charge is 0.389 e. The molecule has 0 spiro atoms. The minimum Gasteiger partial charge on any atom is -0.389 e. The average Bonchev–Trinajstić information content (AvgIpc) is 2.18. The quantitative estimate of drug-likeness (QED) is 0.601. The number of rotatable bonds is 8. The second-order valence-corrected chi connectivity index (χ2v) is 4.95. The van der Waals surface area contributed by atoms with Crippen molar-refractivity contribution in [1.29, 1.82) is 0 Å². The maximum absolute atomic E-state index is 11.8. The zero-order valence-electron chi connectivity index (χ0n) is 8.88. The van der Waals surface area contributed by atoms with Gasteiger partial charge in [-0.25, -0.2) is 0 Å². The van der Waals surface area contributed by atoms with Gasteiger partial charge in [0, 0.05) is 6.42 Å². The van der Waals surface area contributed by atoms with E-state index in [1.54, 1.807) is 13.8 Å². The number of Topliss-reactive ketones (excluding diaryl/α,β-unsaturated/α-hetero) is 1. The van der Waals surface area contributed by atoms with Crippen LogP contribution in [0.2, 0.25) is 0 Å². The third kappa shape index (κ3) is 4.86. The fourth-order valence-corrected chi connectivity index (χ4v) is 2.51. The van der Waals surface area contributed by atoms with Crippen molar-refractivity contribution in [2.24, 2.45) is 0 Å². The standard InChI is InChI=1S/C8H17O6P/c1-3-13-15(12,14-4-2)8(11)5-7(10)6-9/h8-9,11H,3-6H2,1-2H3/t8-/m0/s1. The van der Waals surface area contributed by atoms with E-state index in [0.29, 0.717) is 0 Å². The lowest BCUT2D eigenvalue weighted by Crippen LogP contribution is -2.19. The first-order valence-electron chi connectivity index (χ1n) is 4.69. The van der Waals surface area contributed by atoms with Gasteiger partial charge in [-0.3, -0.25) is 9.36 Å². The van der Waals surface area contributed by atoms with E-state index in [-0.39, 0.29) is 13.2 Å². The Labute approximate surface area is 88.7 Å². The third-order valence-electron chi connectivity index (χ3n) is 1.57. The molecule has 1 atom stereocenters. The normalized spacial score (nSPS) is 13.9. The monoisotopic (exact) mass is 240 g/mol. The third-order valence-corrected chi connectivity index (χ3v) is 3.72. The van der Waals surface area contributed by atoms with Gasteiger partial charge in [-0.1, -0.05) is 0 Å². The van der Waals surface area contributed by atoms with Crippen molar-refractivity contribution in [3.05, 3.63) is 0 Å². The Kier molecular flexibility index (Phi) is 6.96. The molecule has 0 aliphatic carbocycles. The highest BCUT2D eigenvalue weighted by Gasteiger charge is 2.35. The predicted octanol–water partition coefficient (Wildman–Crippen LogP) is 0.522. The van der Waals surface area contributed by atoms with Gasteiger partial charge in [-0.15, -0.1) is 0 Å². The van der Waals surface area contributed by atoms with Crippen molar-refractivity contribution in [3.8, 4) is 0 Å². The zero-order chi connectivity index (χ0) is 11.9. The SMILES string of the molecule is CCOP(=O)(OCC)[C@H](O)CC(=O)CO. The molecule has 0 bridgehead atoms. The first kappa shape index (κ1) is 14.7. The van der Waals surface area contributed by atoms with Gasteiger partial charge in [0.2, 0.25) is 0 Å². The van der Waals surface area contributed by atoms with Crippen molar-refractivity contribution in [2.45, 2.75) is 26.1 Å². The molecule has 0 saturated carbocycles. The molecule has 0 aromatic carbocycles. The van der Waals surface area contributed by atoms with Crippen molar-refractivity contribution in [1.82, 2.24) is 0 Å². The van der Waals surface area contributed by atoms with Crippen molar-refractivity contribution >= 4 is 13.4 Å². The number of aliphatic hydroxyl groups excluding tert-OH is 2. The fraction of sp³-hybridized carbons (Fsp3) is 0.875. The summed E-state index contributed by atoms with van der Waals surface area (Å²) in [5, 5.41) is 18.0. The lowest BCUT2D eigenvalue weighted by Gasteiger charge is -2.21. The van der Waals surface area contributed by atoms with Gasteiger partial charge in [0.15, 0.2) is 11.6 Å². The number of hydrogen-bond acceptors (Lipinski definition) is 6. The molecule has 2 N–H and O–H groups in total. The summed E-state index contributed by atoms with van der Waals surface area (Å²) in [5.41, 5.74) is 0. The molecule has 6 nitrogen and oxygen atoms in total. The summed E-state index contributed by atoms with van der Waals surface area (Å²) < 4.78 is 21.5. The molecule has 0 saturated heterocycles. The molecule has 0 heterocycles. The molecular weight excluding hydrogens is 223 g/mol. The maximum Gasteiger partial charge on any atom is 0.359 e. The topological polar surface area (TPSA) is 93.1 Å². The highest BCUT2D eigenvalue weighted by atomic mass is 31.2. The molecule has 0 fully saturated rings. The van der Waals surface area contributed by atoms with Gasteiger partial charge in [-0.05, 0) is 13.8 Å². The Balaban J connectivity index is 4.47. The van der Waals surface area contributed by atoms with Gasteiger partial charge in [-0.2, -0.15) is 0 Å². The molecule has 0 aliphatic rings. The molecule has 0 radical (unpaired) electrons.